The van der Waals surface area contributed by atoms with E-state index in [0.717, 1.165) is 12.8 Å². The molecule has 0 unspecified atom stereocenters. The summed E-state index contributed by atoms with van der Waals surface area (Å²) in [5.74, 6) is 0.0278. The van der Waals surface area contributed by atoms with Gasteiger partial charge in [-0.15, -0.1) is 0 Å². The summed E-state index contributed by atoms with van der Waals surface area (Å²) >= 11 is 0. The number of anilines is 1. The number of hydrogen-bond donors (Lipinski definition) is 2. The molecule has 1 aromatic rings. The molecule has 1 fully saturated rings. The van der Waals surface area contributed by atoms with Crippen molar-refractivity contribution in [3.8, 4) is 0 Å². The summed E-state index contributed by atoms with van der Waals surface area (Å²) < 4.78 is 1.57. The molecule has 5 heteroatoms. The van der Waals surface area contributed by atoms with Crippen LogP contribution in [0.2, 0.25) is 0 Å². The van der Waals surface area contributed by atoms with E-state index in [4.69, 9.17) is 5.73 Å². The van der Waals surface area contributed by atoms with Gasteiger partial charge in [0, 0.05) is 12.2 Å². The third-order valence-corrected chi connectivity index (χ3v) is 3.18. The van der Waals surface area contributed by atoms with Crippen molar-refractivity contribution >= 4 is 11.6 Å². The van der Waals surface area contributed by atoms with Crippen LogP contribution >= 0.6 is 0 Å². The molecule has 3 N–H and O–H groups in total. The molecular weight excluding hydrogens is 216 g/mol. The lowest BCUT2D eigenvalue weighted by molar-refractivity contribution is -0.122. The number of amides is 1. The summed E-state index contributed by atoms with van der Waals surface area (Å²) in [5, 5.41) is 7.07. The van der Waals surface area contributed by atoms with Crippen LogP contribution < -0.4 is 11.1 Å². The average molecular weight is 236 g/mol. The molecule has 5 nitrogen and oxygen atoms in total. The molecule has 0 saturated heterocycles. The van der Waals surface area contributed by atoms with Crippen molar-refractivity contribution in [1.29, 1.82) is 0 Å². The molecule has 1 amide bonds. The van der Waals surface area contributed by atoms with Gasteiger partial charge in [-0.3, -0.25) is 9.48 Å². The Labute approximate surface area is 101 Å². The van der Waals surface area contributed by atoms with Crippen LogP contribution in [-0.2, 0) is 11.3 Å². The molecule has 2 rings (SSSR count). The predicted octanol–water partition coefficient (Wildman–Crippen LogP) is 1.30. The van der Waals surface area contributed by atoms with Crippen LogP contribution in [0.5, 0.6) is 0 Å². The Bertz CT molecular complexity index is 366. The Morgan fingerprint density at radius 3 is 2.71 bits per heavy atom. The summed E-state index contributed by atoms with van der Waals surface area (Å²) in [5.41, 5.74) is 6.13. The van der Waals surface area contributed by atoms with Crippen molar-refractivity contribution < 1.29 is 4.79 Å². The van der Waals surface area contributed by atoms with E-state index in [-0.39, 0.29) is 12.5 Å². The van der Waals surface area contributed by atoms with E-state index in [1.807, 2.05) is 0 Å². The average Bonchev–Trinajstić information content (AvgIpc) is 2.53. The van der Waals surface area contributed by atoms with Gasteiger partial charge in [-0.2, -0.15) is 5.10 Å². The minimum absolute atomic E-state index is 0.0278. The zero-order valence-electron chi connectivity index (χ0n) is 10.1. The van der Waals surface area contributed by atoms with Gasteiger partial charge in [0.15, 0.2) is 0 Å². The zero-order valence-corrected chi connectivity index (χ0v) is 10.1. The normalized spacial score (nSPS) is 17.6. The summed E-state index contributed by atoms with van der Waals surface area (Å²) in [4.78, 5) is 11.8. The van der Waals surface area contributed by atoms with Crippen molar-refractivity contribution in [2.24, 2.45) is 0 Å². The first kappa shape index (κ1) is 12.0. The van der Waals surface area contributed by atoms with E-state index in [2.05, 4.69) is 10.4 Å². The Kier molecular flexibility index (Phi) is 4.01. The standard InChI is InChI=1S/C12H20N4O/c13-10-7-14-16(8-10)9-12(17)15-11-5-3-1-2-4-6-11/h7-8,11H,1-6,9,13H2,(H,15,17). The van der Waals surface area contributed by atoms with Gasteiger partial charge in [0.2, 0.25) is 5.91 Å². The van der Waals surface area contributed by atoms with Gasteiger partial charge in [-0.05, 0) is 12.8 Å². The van der Waals surface area contributed by atoms with Gasteiger partial charge in [0.05, 0.1) is 11.9 Å². The fourth-order valence-corrected chi connectivity index (χ4v) is 2.31. The number of rotatable bonds is 3. The molecule has 0 spiro atoms. The number of hydrogen-bond acceptors (Lipinski definition) is 3. The molecule has 17 heavy (non-hydrogen) atoms. The highest BCUT2D eigenvalue weighted by Gasteiger charge is 2.14. The fraction of sp³-hybridized carbons (Fsp3) is 0.667. The monoisotopic (exact) mass is 236 g/mol. The quantitative estimate of drug-likeness (QED) is 0.777. The third kappa shape index (κ3) is 3.76. The van der Waals surface area contributed by atoms with E-state index in [1.165, 1.54) is 25.7 Å². The number of nitrogens with two attached hydrogens (primary N) is 1. The van der Waals surface area contributed by atoms with Crippen LogP contribution in [0.4, 0.5) is 5.69 Å². The van der Waals surface area contributed by atoms with Gasteiger partial charge < -0.3 is 11.1 Å². The largest absolute Gasteiger partial charge is 0.396 e. The Hall–Kier alpha value is -1.52. The molecule has 1 aliphatic carbocycles. The zero-order chi connectivity index (χ0) is 12.1. The van der Waals surface area contributed by atoms with Gasteiger partial charge in [0.1, 0.15) is 6.54 Å². The predicted molar refractivity (Wildman–Crippen MR) is 66.3 cm³/mol. The number of carbonyl (C=O) groups is 1. The van der Waals surface area contributed by atoms with Gasteiger partial charge in [-0.25, -0.2) is 0 Å². The third-order valence-electron chi connectivity index (χ3n) is 3.18. The van der Waals surface area contributed by atoms with Crippen LogP contribution in [0, 0.1) is 0 Å². The highest BCUT2D eigenvalue weighted by atomic mass is 16.2. The summed E-state index contributed by atoms with van der Waals surface area (Å²) in [6.07, 6.45) is 10.5. The first-order valence-electron chi connectivity index (χ1n) is 6.31. The molecule has 1 heterocycles. The highest BCUT2D eigenvalue weighted by Crippen LogP contribution is 2.17. The first-order chi connectivity index (χ1) is 8.24. The van der Waals surface area contributed by atoms with Crippen LogP contribution in [-0.4, -0.2) is 21.7 Å². The first-order valence-corrected chi connectivity index (χ1v) is 6.31. The Morgan fingerprint density at radius 2 is 2.12 bits per heavy atom. The van der Waals surface area contributed by atoms with Gasteiger partial charge in [0.25, 0.3) is 0 Å². The SMILES string of the molecule is Nc1cnn(CC(=O)NC2CCCCCC2)c1. The van der Waals surface area contributed by atoms with E-state index in [9.17, 15) is 4.79 Å². The van der Waals surface area contributed by atoms with Crippen molar-refractivity contribution in [3.63, 3.8) is 0 Å². The summed E-state index contributed by atoms with van der Waals surface area (Å²) in [6, 6.07) is 0.345. The maximum atomic E-state index is 11.8. The van der Waals surface area contributed by atoms with Crippen LogP contribution in [0.25, 0.3) is 0 Å². The van der Waals surface area contributed by atoms with Gasteiger partial charge >= 0.3 is 0 Å². The molecule has 1 aliphatic rings. The Morgan fingerprint density at radius 1 is 1.41 bits per heavy atom. The lowest BCUT2D eigenvalue weighted by Crippen LogP contribution is -2.36. The van der Waals surface area contributed by atoms with Crippen molar-refractivity contribution in [2.75, 3.05) is 5.73 Å². The molecular formula is C12H20N4O. The second-order valence-corrected chi connectivity index (χ2v) is 4.73. The lowest BCUT2D eigenvalue weighted by Gasteiger charge is -2.16. The second-order valence-electron chi connectivity index (χ2n) is 4.73. The van der Waals surface area contributed by atoms with E-state index in [1.54, 1.807) is 17.1 Å². The molecule has 94 valence electrons. The number of nitrogens with zero attached hydrogens (tertiary/aromatic N) is 2. The van der Waals surface area contributed by atoms with Crippen LogP contribution in [0.1, 0.15) is 38.5 Å². The topological polar surface area (TPSA) is 72.9 Å². The minimum atomic E-state index is 0.0278. The van der Waals surface area contributed by atoms with Crippen molar-refractivity contribution in [1.82, 2.24) is 15.1 Å². The number of nitrogen functional groups attached to an aromatic ring is 1. The molecule has 0 atom stereocenters. The molecule has 0 aliphatic heterocycles. The second kappa shape index (κ2) is 5.70. The van der Waals surface area contributed by atoms with E-state index >= 15 is 0 Å². The summed E-state index contributed by atoms with van der Waals surface area (Å²) in [6.45, 7) is 0.258. The number of nitrogens with one attached hydrogen (secondary N) is 1. The van der Waals surface area contributed by atoms with Crippen molar-refractivity contribution in [3.05, 3.63) is 12.4 Å². The lowest BCUT2D eigenvalue weighted by atomic mass is 10.1. The van der Waals surface area contributed by atoms with E-state index < -0.39 is 0 Å². The number of aromatic nitrogens is 2. The maximum absolute atomic E-state index is 11.8. The number of carbonyl (C=O) groups excluding carboxylic acids is 1. The molecule has 0 radical (unpaired) electrons. The molecule has 1 aromatic heterocycles. The molecule has 0 aromatic carbocycles. The fourth-order valence-electron chi connectivity index (χ4n) is 2.31. The van der Waals surface area contributed by atoms with Crippen molar-refractivity contribution in [2.45, 2.75) is 51.1 Å². The van der Waals surface area contributed by atoms with Crippen LogP contribution in [0.3, 0.4) is 0 Å². The van der Waals surface area contributed by atoms with E-state index in [0.29, 0.717) is 11.7 Å². The molecule has 1 saturated carbocycles. The minimum Gasteiger partial charge on any atom is -0.396 e. The maximum Gasteiger partial charge on any atom is 0.241 e. The Balaban J connectivity index is 1.80. The van der Waals surface area contributed by atoms with Crippen LogP contribution in [0.15, 0.2) is 12.4 Å². The smallest absolute Gasteiger partial charge is 0.241 e. The van der Waals surface area contributed by atoms with Gasteiger partial charge in [-0.1, -0.05) is 25.7 Å². The summed E-state index contributed by atoms with van der Waals surface area (Å²) in [7, 11) is 0. The molecule has 0 bridgehead atoms. The highest BCUT2D eigenvalue weighted by molar-refractivity contribution is 5.76.